The lowest BCUT2D eigenvalue weighted by Crippen LogP contribution is -2.28. The molecule has 26 heavy (non-hydrogen) atoms. The first-order chi connectivity index (χ1) is 12.7. The molecule has 1 aromatic carbocycles. The van der Waals surface area contributed by atoms with Crippen molar-refractivity contribution in [2.75, 3.05) is 5.75 Å². The number of carbonyl (C=O) groups is 1. The Morgan fingerprint density at radius 3 is 2.88 bits per heavy atom. The van der Waals surface area contributed by atoms with E-state index in [4.69, 9.17) is 16.0 Å². The van der Waals surface area contributed by atoms with Gasteiger partial charge in [-0.05, 0) is 35.7 Å². The van der Waals surface area contributed by atoms with Crippen LogP contribution in [0.15, 0.2) is 74.6 Å². The largest absolute Gasteiger partial charge is 0.467 e. The molecular weight excluding hydrogens is 388 g/mol. The molecule has 0 saturated heterocycles. The number of hydrazone groups is 1. The lowest BCUT2D eigenvalue weighted by molar-refractivity contribution is -0.130. The Hall–Kier alpha value is -2.02. The first-order valence-electron chi connectivity index (χ1n) is 8.06. The van der Waals surface area contributed by atoms with Crippen molar-refractivity contribution >= 4 is 46.3 Å². The molecule has 0 fully saturated rings. The summed E-state index contributed by atoms with van der Waals surface area (Å²) >= 11 is 9.22. The highest BCUT2D eigenvalue weighted by molar-refractivity contribution is 8.00. The predicted octanol–water partition coefficient (Wildman–Crippen LogP) is 5.46. The van der Waals surface area contributed by atoms with Gasteiger partial charge >= 0.3 is 0 Å². The topological polar surface area (TPSA) is 45.8 Å². The van der Waals surface area contributed by atoms with Crippen LogP contribution in [-0.2, 0) is 4.79 Å². The number of rotatable bonds is 5. The first kappa shape index (κ1) is 17.4. The molecule has 2 aromatic heterocycles. The van der Waals surface area contributed by atoms with Gasteiger partial charge in [-0.15, -0.1) is 23.1 Å². The maximum atomic E-state index is 12.9. The molecule has 132 valence electrons. The molecule has 1 amide bonds. The van der Waals surface area contributed by atoms with Gasteiger partial charge in [-0.2, -0.15) is 5.10 Å². The summed E-state index contributed by atoms with van der Waals surface area (Å²) in [5.41, 5.74) is 0.914. The third kappa shape index (κ3) is 3.58. The predicted molar refractivity (Wildman–Crippen MR) is 106 cm³/mol. The number of carbonyl (C=O) groups excluding carboxylic acids is 1. The van der Waals surface area contributed by atoms with E-state index in [1.165, 1.54) is 11.8 Å². The summed E-state index contributed by atoms with van der Waals surface area (Å²) in [7, 11) is 0. The molecule has 7 heteroatoms. The van der Waals surface area contributed by atoms with Gasteiger partial charge in [0.25, 0.3) is 5.91 Å². The van der Waals surface area contributed by atoms with Crippen LogP contribution in [-0.4, -0.2) is 22.4 Å². The van der Waals surface area contributed by atoms with E-state index < -0.39 is 0 Å². The standard InChI is InChI=1S/C19H15ClN2O2S2/c20-13-5-1-2-7-17(13)26-12-19(23)22-15(16-6-3-9-24-16)11-14(21-22)18-8-4-10-25-18/h1-10,15H,11-12H2/t15-/m1/s1. The van der Waals surface area contributed by atoms with Crippen LogP contribution in [0.2, 0.25) is 5.02 Å². The molecule has 3 heterocycles. The van der Waals surface area contributed by atoms with Crippen molar-refractivity contribution in [1.29, 1.82) is 0 Å². The number of hydrogen-bond acceptors (Lipinski definition) is 5. The number of thioether (sulfide) groups is 1. The molecule has 0 saturated carbocycles. The van der Waals surface area contributed by atoms with Crippen molar-refractivity contribution in [3.63, 3.8) is 0 Å². The zero-order chi connectivity index (χ0) is 17.9. The van der Waals surface area contributed by atoms with Gasteiger partial charge in [0, 0.05) is 11.3 Å². The van der Waals surface area contributed by atoms with Crippen molar-refractivity contribution in [3.05, 3.63) is 75.8 Å². The zero-order valence-electron chi connectivity index (χ0n) is 13.7. The summed E-state index contributed by atoms with van der Waals surface area (Å²) in [5.74, 6) is 0.946. The number of amides is 1. The first-order valence-corrected chi connectivity index (χ1v) is 10.3. The molecule has 0 bridgehead atoms. The van der Waals surface area contributed by atoms with Crippen LogP contribution in [0, 0.1) is 0 Å². The number of halogens is 1. The minimum atomic E-state index is -0.207. The number of nitrogens with zero attached hydrogens (tertiary/aromatic N) is 2. The van der Waals surface area contributed by atoms with Crippen LogP contribution in [0.25, 0.3) is 0 Å². The number of thiophene rings is 1. The third-order valence-electron chi connectivity index (χ3n) is 4.03. The molecule has 0 radical (unpaired) electrons. The Bertz CT molecular complexity index is 923. The number of hydrogen-bond donors (Lipinski definition) is 0. The van der Waals surface area contributed by atoms with Gasteiger partial charge in [0.05, 0.1) is 27.6 Å². The van der Waals surface area contributed by atoms with Crippen LogP contribution in [0.4, 0.5) is 0 Å². The molecule has 0 N–H and O–H groups in total. The maximum absolute atomic E-state index is 12.9. The molecule has 0 spiro atoms. The summed E-state index contributed by atoms with van der Waals surface area (Å²) in [6.07, 6.45) is 2.27. The molecule has 4 rings (SSSR count). The lowest BCUT2D eigenvalue weighted by atomic mass is 10.1. The average Bonchev–Trinajstić information content (AvgIpc) is 3.41. The summed E-state index contributed by atoms with van der Waals surface area (Å²) in [5, 5.41) is 8.82. The van der Waals surface area contributed by atoms with Crippen molar-refractivity contribution in [2.45, 2.75) is 17.4 Å². The lowest BCUT2D eigenvalue weighted by Gasteiger charge is -2.19. The number of benzene rings is 1. The van der Waals surface area contributed by atoms with Crippen LogP contribution >= 0.6 is 34.7 Å². The molecule has 0 aliphatic carbocycles. The second kappa shape index (κ2) is 7.70. The highest BCUT2D eigenvalue weighted by atomic mass is 35.5. The Labute approximate surface area is 164 Å². The molecule has 0 unspecified atom stereocenters. The fourth-order valence-corrected chi connectivity index (χ4v) is 4.61. The van der Waals surface area contributed by atoms with Gasteiger partial charge in [0.2, 0.25) is 0 Å². The fraction of sp³-hybridized carbons (Fsp3) is 0.158. The van der Waals surface area contributed by atoms with Crippen molar-refractivity contribution in [3.8, 4) is 0 Å². The Balaban J connectivity index is 1.54. The molecule has 4 nitrogen and oxygen atoms in total. The Morgan fingerprint density at radius 2 is 2.15 bits per heavy atom. The maximum Gasteiger partial charge on any atom is 0.253 e. The summed E-state index contributed by atoms with van der Waals surface area (Å²) in [4.78, 5) is 14.8. The minimum Gasteiger partial charge on any atom is -0.467 e. The molecule has 1 atom stereocenters. The van der Waals surface area contributed by atoms with E-state index in [-0.39, 0.29) is 17.7 Å². The highest BCUT2D eigenvalue weighted by Crippen LogP contribution is 2.35. The van der Waals surface area contributed by atoms with E-state index >= 15 is 0 Å². The van der Waals surface area contributed by atoms with Crippen LogP contribution in [0.3, 0.4) is 0 Å². The monoisotopic (exact) mass is 402 g/mol. The average molecular weight is 403 g/mol. The normalized spacial score (nSPS) is 16.7. The van der Waals surface area contributed by atoms with Crippen molar-refractivity contribution < 1.29 is 9.21 Å². The summed E-state index contributed by atoms with van der Waals surface area (Å²) in [6, 6.07) is 15.0. The van der Waals surface area contributed by atoms with E-state index in [0.717, 1.165) is 21.2 Å². The van der Waals surface area contributed by atoms with Gasteiger partial charge in [-0.25, -0.2) is 5.01 Å². The van der Waals surface area contributed by atoms with Crippen LogP contribution < -0.4 is 0 Å². The minimum absolute atomic E-state index is 0.0668. The SMILES string of the molecule is O=C(CSc1ccccc1Cl)N1N=C(c2cccs2)C[C@@H]1c1ccco1. The van der Waals surface area contributed by atoms with Crippen LogP contribution in [0.5, 0.6) is 0 Å². The summed E-state index contributed by atoms with van der Waals surface area (Å²) < 4.78 is 5.55. The van der Waals surface area contributed by atoms with Gasteiger partial charge < -0.3 is 4.42 Å². The molecule has 1 aliphatic heterocycles. The van der Waals surface area contributed by atoms with Gasteiger partial charge in [-0.3, -0.25) is 4.79 Å². The quantitative estimate of drug-likeness (QED) is 0.532. The van der Waals surface area contributed by atoms with Gasteiger partial charge in [0.1, 0.15) is 11.8 Å². The second-order valence-electron chi connectivity index (χ2n) is 5.72. The van der Waals surface area contributed by atoms with E-state index in [0.29, 0.717) is 11.4 Å². The Morgan fingerprint density at radius 1 is 1.27 bits per heavy atom. The van der Waals surface area contributed by atoms with Crippen LogP contribution in [0.1, 0.15) is 23.1 Å². The molecule has 3 aromatic rings. The van der Waals surface area contributed by atoms with Crippen molar-refractivity contribution in [1.82, 2.24) is 5.01 Å². The fourth-order valence-electron chi connectivity index (χ4n) is 2.80. The zero-order valence-corrected chi connectivity index (χ0v) is 16.1. The third-order valence-corrected chi connectivity index (χ3v) is 6.45. The summed E-state index contributed by atoms with van der Waals surface area (Å²) in [6.45, 7) is 0. The van der Waals surface area contributed by atoms with E-state index in [2.05, 4.69) is 5.10 Å². The molecular formula is C19H15ClN2O2S2. The molecule has 1 aliphatic rings. The number of furan rings is 1. The van der Waals surface area contributed by atoms with E-state index in [1.54, 1.807) is 22.6 Å². The van der Waals surface area contributed by atoms with E-state index in [1.807, 2.05) is 53.9 Å². The van der Waals surface area contributed by atoms with Gasteiger partial charge in [-0.1, -0.05) is 29.8 Å². The highest BCUT2D eigenvalue weighted by Gasteiger charge is 2.35. The van der Waals surface area contributed by atoms with Gasteiger partial charge in [0.15, 0.2) is 0 Å². The van der Waals surface area contributed by atoms with Crippen molar-refractivity contribution in [2.24, 2.45) is 5.10 Å². The second-order valence-corrected chi connectivity index (χ2v) is 8.09. The van der Waals surface area contributed by atoms with E-state index in [9.17, 15) is 4.79 Å². The Kier molecular flexibility index (Phi) is 5.15. The smallest absolute Gasteiger partial charge is 0.253 e.